The third kappa shape index (κ3) is 2.79. The van der Waals surface area contributed by atoms with Crippen LogP contribution in [0.4, 0.5) is 0 Å². The molecule has 0 spiro atoms. The molecule has 3 aromatic rings. The van der Waals surface area contributed by atoms with Crippen LogP contribution in [0.15, 0.2) is 53.6 Å². The Labute approximate surface area is 127 Å². The van der Waals surface area contributed by atoms with Gasteiger partial charge in [0.15, 0.2) is 0 Å². The summed E-state index contributed by atoms with van der Waals surface area (Å²) in [6.45, 7) is 2.13. The van der Waals surface area contributed by atoms with Gasteiger partial charge >= 0.3 is 0 Å². The molecule has 20 heavy (non-hydrogen) atoms. The van der Waals surface area contributed by atoms with E-state index in [1.807, 2.05) is 24.3 Å². The minimum atomic E-state index is 0.302. The standard InChI is InChI=1S/C16H13ClN2S/c1-11-6-2-3-7-12(11)10-20-15-13-8-4-5-9-14(13)18-16(17)19-15/h2-9H,10H2,1H3. The van der Waals surface area contributed by atoms with Crippen LogP contribution in [0, 0.1) is 6.92 Å². The van der Waals surface area contributed by atoms with Crippen molar-refractivity contribution in [2.45, 2.75) is 17.7 Å². The first kappa shape index (κ1) is 13.4. The molecule has 0 unspecified atom stereocenters. The van der Waals surface area contributed by atoms with Crippen molar-refractivity contribution in [3.8, 4) is 0 Å². The fraction of sp³-hybridized carbons (Fsp3) is 0.125. The Bertz CT molecular complexity index is 758. The molecule has 0 saturated heterocycles. The molecule has 2 nitrogen and oxygen atoms in total. The minimum absolute atomic E-state index is 0.302. The number of aromatic nitrogens is 2. The van der Waals surface area contributed by atoms with Crippen LogP contribution >= 0.6 is 23.4 Å². The second kappa shape index (κ2) is 5.81. The van der Waals surface area contributed by atoms with E-state index in [-0.39, 0.29) is 0 Å². The number of hydrogen-bond acceptors (Lipinski definition) is 3. The van der Waals surface area contributed by atoms with E-state index < -0.39 is 0 Å². The molecule has 0 aliphatic carbocycles. The van der Waals surface area contributed by atoms with Gasteiger partial charge in [0.25, 0.3) is 0 Å². The van der Waals surface area contributed by atoms with Gasteiger partial charge in [0.1, 0.15) is 5.03 Å². The van der Waals surface area contributed by atoms with Gasteiger partial charge in [0.2, 0.25) is 5.28 Å². The highest BCUT2D eigenvalue weighted by Gasteiger charge is 2.07. The van der Waals surface area contributed by atoms with Crippen LogP contribution in [0.5, 0.6) is 0 Å². The summed E-state index contributed by atoms with van der Waals surface area (Å²) in [5.41, 5.74) is 3.50. The third-order valence-corrected chi connectivity index (χ3v) is 4.38. The Kier molecular flexibility index (Phi) is 3.90. The normalized spacial score (nSPS) is 10.9. The molecule has 3 rings (SSSR count). The van der Waals surface area contributed by atoms with Gasteiger partial charge in [-0.2, -0.15) is 0 Å². The molecule has 1 aromatic heterocycles. The molecule has 0 bridgehead atoms. The number of halogens is 1. The van der Waals surface area contributed by atoms with Crippen LogP contribution in [0.3, 0.4) is 0 Å². The second-order valence-electron chi connectivity index (χ2n) is 4.53. The molecule has 0 fully saturated rings. The number of hydrogen-bond donors (Lipinski definition) is 0. The van der Waals surface area contributed by atoms with E-state index in [4.69, 9.17) is 11.6 Å². The van der Waals surface area contributed by atoms with Crippen molar-refractivity contribution in [3.63, 3.8) is 0 Å². The Balaban J connectivity index is 1.93. The van der Waals surface area contributed by atoms with Gasteiger partial charge in [-0.1, -0.05) is 42.5 Å². The summed E-state index contributed by atoms with van der Waals surface area (Å²) >= 11 is 7.70. The minimum Gasteiger partial charge on any atom is -0.218 e. The summed E-state index contributed by atoms with van der Waals surface area (Å²) < 4.78 is 0. The summed E-state index contributed by atoms with van der Waals surface area (Å²) in [6, 6.07) is 16.3. The van der Waals surface area contributed by atoms with E-state index in [1.54, 1.807) is 11.8 Å². The molecule has 0 aliphatic heterocycles. The highest BCUT2D eigenvalue weighted by Crippen LogP contribution is 2.29. The van der Waals surface area contributed by atoms with E-state index in [2.05, 4.69) is 41.2 Å². The molecule has 0 N–H and O–H groups in total. The van der Waals surface area contributed by atoms with Gasteiger partial charge in [0, 0.05) is 11.1 Å². The maximum absolute atomic E-state index is 6.00. The van der Waals surface area contributed by atoms with E-state index in [0.717, 1.165) is 21.7 Å². The molecule has 1 heterocycles. The number of benzene rings is 2. The molecular formula is C16H13ClN2S. The molecular weight excluding hydrogens is 288 g/mol. The van der Waals surface area contributed by atoms with Gasteiger partial charge in [-0.3, -0.25) is 0 Å². The highest BCUT2D eigenvalue weighted by molar-refractivity contribution is 7.98. The van der Waals surface area contributed by atoms with Crippen LogP contribution in [-0.4, -0.2) is 9.97 Å². The summed E-state index contributed by atoms with van der Waals surface area (Å²) in [5, 5.41) is 2.29. The van der Waals surface area contributed by atoms with Gasteiger partial charge in [-0.05, 0) is 35.7 Å². The van der Waals surface area contributed by atoms with Crippen LogP contribution in [-0.2, 0) is 5.75 Å². The molecule has 4 heteroatoms. The maximum atomic E-state index is 6.00. The molecule has 0 saturated carbocycles. The third-order valence-electron chi connectivity index (χ3n) is 3.17. The van der Waals surface area contributed by atoms with E-state index in [1.165, 1.54) is 11.1 Å². The van der Waals surface area contributed by atoms with Crippen LogP contribution < -0.4 is 0 Å². The SMILES string of the molecule is Cc1ccccc1CSc1nc(Cl)nc2ccccc12. The Hall–Kier alpha value is -1.58. The first-order chi connectivity index (χ1) is 9.74. The first-order valence-electron chi connectivity index (χ1n) is 6.33. The lowest BCUT2D eigenvalue weighted by molar-refractivity contribution is 1.10. The Morgan fingerprint density at radius 3 is 2.60 bits per heavy atom. The zero-order valence-electron chi connectivity index (χ0n) is 11.0. The summed E-state index contributed by atoms with van der Waals surface area (Å²) in [6.07, 6.45) is 0. The van der Waals surface area contributed by atoms with Gasteiger partial charge in [-0.15, -0.1) is 11.8 Å². The molecule has 0 aliphatic rings. The molecule has 0 radical (unpaired) electrons. The van der Waals surface area contributed by atoms with E-state index in [9.17, 15) is 0 Å². The fourth-order valence-electron chi connectivity index (χ4n) is 2.05. The van der Waals surface area contributed by atoms with Crippen molar-refractivity contribution in [1.82, 2.24) is 9.97 Å². The predicted molar refractivity (Wildman–Crippen MR) is 85.3 cm³/mol. The second-order valence-corrected chi connectivity index (χ2v) is 5.83. The Morgan fingerprint density at radius 1 is 1.00 bits per heavy atom. The largest absolute Gasteiger partial charge is 0.224 e. The van der Waals surface area contributed by atoms with E-state index in [0.29, 0.717) is 5.28 Å². The van der Waals surface area contributed by atoms with Crippen molar-refractivity contribution in [1.29, 1.82) is 0 Å². The van der Waals surface area contributed by atoms with Gasteiger partial charge < -0.3 is 0 Å². The molecule has 0 amide bonds. The fourth-order valence-corrected chi connectivity index (χ4v) is 3.37. The Morgan fingerprint density at radius 2 is 1.75 bits per heavy atom. The lowest BCUT2D eigenvalue weighted by Gasteiger charge is -2.07. The molecule has 0 atom stereocenters. The van der Waals surface area contributed by atoms with Crippen LogP contribution in [0.1, 0.15) is 11.1 Å². The van der Waals surface area contributed by atoms with Crippen molar-refractivity contribution in [2.75, 3.05) is 0 Å². The van der Waals surface area contributed by atoms with E-state index >= 15 is 0 Å². The predicted octanol–water partition coefficient (Wildman–Crippen LogP) is 4.88. The van der Waals surface area contributed by atoms with Crippen LogP contribution in [0.2, 0.25) is 5.28 Å². The lowest BCUT2D eigenvalue weighted by Crippen LogP contribution is -1.91. The van der Waals surface area contributed by atoms with Crippen molar-refractivity contribution in [2.24, 2.45) is 0 Å². The number of para-hydroxylation sites is 1. The number of fused-ring (bicyclic) bond motifs is 1. The number of nitrogens with zero attached hydrogens (tertiary/aromatic N) is 2. The maximum Gasteiger partial charge on any atom is 0.224 e. The lowest BCUT2D eigenvalue weighted by atomic mass is 10.1. The van der Waals surface area contributed by atoms with Crippen LogP contribution in [0.25, 0.3) is 10.9 Å². The average molecular weight is 301 g/mol. The average Bonchev–Trinajstić information content (AvgIpc) is 2.46. The number of rotatable bonds is 3. The summed E-state index contributed by atoms with van der Waals surface area (Å²) in [5.74, 6) is 0.879. The molecule has 2 aromatic carbocycles. The van der Waals surface area contributed by atoms with Crippen molar-refractivity contribution < 1.29 is 0 Å². The smallest absolute Gasteiger partial charge is 0.218 e. The summed E-state index contributed by atoms with van der Waals surface area (Å²) in [7, 11) is 0. The zero-order valence-corrected chi connectivity index (χ0v) is 12.6. The molecule has 100 valence electrons. The quantitative estimate of drug-likeness (QED) is 0.391. The number of thioether (sulfide) groups is 1. The first-order valence-corrected chi connectivity index (χ1v) is 7.70. The monoisotopic (exact) mass is 300 g/mol. The zero-order chi connectivity index (χ0) is 13.9. The van der Waals surface area contributed by atoms with Gasteiger partial charge in [-0.25, -0.2) is 9.97 Å². The topological polar surface area (TPSA) is 25.8 Å². The number of aryl methyl sites for hydroxylation is 1. The van der Waals surface area contributed by atoms with Gasteiger partial charge in [0.05, 0.1) is 5.52 Å². The van der Waals surface area contributed by atoms with Crippen molar-refractivity contribution in [3.05, 3.63) is 64.9 Å². The van der Waals surface area contributed by atoms with Crippen molar-refractivity contribution >= 4 is 34.3 Å². The highest BCUT2D eigenvalue weighted by atomic mass is 35.5. The summed E-state index contributed by atoms with van der Waals surface area (Å²) in [4.78, 5) is 8.61.